The predicted octanol–water partition coefficient (Wildman–Crippen LogP) is 15.0. The lowest BCUT2D eigenvalue weighted by atomic mass is 9.78. The van der Waals surface area contributed by atoms with E-state index in [0.717, 1.165) is 51.2 Å². The lowest BCUT2D eigenvalue weighted by Gasteiger charge is -2.15. The minimum absolute atomic E-state index is 0.0244. The van der Waals surface area contributed by atoms with Gasteiger partial charge in [-0.25, -0.2) is 29.9 Å². The molecule has 0 amide bonds. The highest BCUT2D eigenvalue weighted by atomic mass is 35.5. The van der Waals surface area contributed by atoms with Crippen LogP contribution in [-0.4, -0.2) is 64.2 Å². The number of alkyl halides is 4. The molecular formula is C74H49B2ClF4N6O4. The van der Waals surface area contributed by atoms with Crippen molar-refractivity contribution in [1.29, 1.82) is 0 Å². The molecule has 440 valence electrons. The summed E-state index contributed by atoms with van der Waals surface area (Å²) in [6.45, 7) is 0. The third-order valence-electron chi connectivity index (χ3n) is 15.7. The van der Waals surface area contributed by atoms with E-state index < -0.39 is 26.1 Å². The van der Waals surface area contributed by atoms with Crippen LogP contribution in [0.1, 0.15) is 22.3 Å². The van der Waals surface area contributed by atoms with Gasteiger partial charge in [0.2, 0.25) is 0 Å². The van der Waals surface area contributed by atoms with Crippen LogP contribution in [0.3, 0.4) is 0 Å². The van der Waals surface area contributed by atoms with Crippen molar-refractivity contribution in [2.75, 3.05) is 0 Å². The van der Waals surface area contributed by atoms with Crippen LogP contribution in [0.4, 0.5) is 17.6 Å². The maximum atomic E-state index is 16.6. The van der Waals surface area contributed by atoms with E-state index in [1.54, 1.807) is 30.3 Å². The molecule has 10 nitrogen and oxygen atoms in total. The minimum atomic E-state index is -3.33. The maximum Gasteiger partial charge on any atom is 0.488 e. The summed E-state index contributed by atoms with van der Waals surface area (Å²) in [7, 11) is -3.66. The van der Waals surface area contributed by atoms with E-state index in [0.29, 0.717) is 78.8 Å². The molecule has 0 atom stereocenters. The SMILES string of the molecule is Clc1cc(-c2ccccc2)nc(-c2ccccc2)n1.FC1(F)c2cc(-c3cc(-c4ccccc4)nc(-c4ccccc4)n3)ccc2-c2ccc(-c3cc(-c4ccccc4)nc(-c4ccccc4)n3)cc21.OB(O)c1ccc2c(c1)C(F)(F)c1cc(B(O)O)ccc1-2. The molecule has 3 aromatic heterocycles. The minimum Gasteiger partial charge on any atom is -0.423 e. The number of rotatable bonds is 10. The van der Waals surface area contributed by atoms with Gasteiger partial charge in [0.1, 0.15) is 5.15 Å². The number of benzene rings is 10. The Hall–Kier alpha value is -10.6. The van der Waals surface area contributed by atoms with Gasteiger partial charge in [0.05, 0.1) is 28.5 Å². The summed E-state index contributed by atoms with van der Waals surface area (Å²) in [5, 5.41) is 36.9. The second-order valence-corrected chi connectivity index (χ2v) is 21.9. The molecule has 0 radical (unpaired) electrons. The molecule has 0 bridgehead atoms. The van der Waals surface area contributed by atoms with E-state index in [1.165, 1.54) is 24.3 Å². The summed E-state index contributed by atoms with van der Waals surface area (Å²) < 4.78 is 62.2. The highest BCUT2D eigenvalue weighted by Crippen LogP contribution is 2.53. The van der Waals surface area contributed by atoms with Gasteiger partial charge in [0, 0.05) is 72.8 Å². The quantitative estimate of drug-likeness (QED) is 0.0590. The Labute approximate surface area is 526 Å². The Kier molecular flexibility index (Phi) is 16.4. The number of fused-ring (bicyclic) bond motifs is 6. The largest absolute Gasteiger partial charge is 0.488 e. The third kappa shape index (κ3) is 12.2. The first-order valence-corrected chi connectivity index (χ1v) is 29.3. The molecule has 2 aliphatic rings. The molecule has 13 aromatic rings. The Morgan fingerprint density at radius 2 is 0.516 bits per heavy atom. The van der Waals surface area contributed by atoms with Crippen LogP contribution in [0.5, 0.6) is 0 Å². The first kappa shape index (κ1) is 59.4. The molecule has 0 aliphatic heterocycles. The molecule has 0 saturated carbocycles. The van der Waals surface area contributed by atoms with Gasteiger partial charge < -0.3 is 20.1 Å². The highest BCUT2D eigenvalue weighted by Gasteiger charge is 2.46. The fourth-order valence-corrected chi connectivity index (χ4v) is 11.3. The summed E-state index contributed by atoms with van der Waals surface area (Å²) in [6.07, 6.45) is 0. The van der Waals surface area contributed by atoms with Crippen molar-refractivity contribution < 1.29 is 37.7 Å². The molecular weight excluding hydrogens is 1170 g/mol. The zero-order chi connectivity index (χ0) is 62.8. The molecule has 0 unspecified atom stereocenters. The highest BCUT2D eigenvalue weighted by molar-refractivity contribution is 6.59. The predicted molar refractivity (Wildman–Crippen MR) is 351 cm³/mol. The molecule has 0 saturated heterocycles. The zero-order valence-electron chi connectivity index (χ0n) is 48.0. The normalized spacial score (nSPS) is 12.6. The average molecular weight is 1220 g/mol. The lowest BCUT2D eigenvalue weighted by molar-refractivity contribution is 0.0475. The third-order valence-corrected chi connectivity index (χ3v) is 15.9. The van der Waals surface area contributed by atoms with E-state index in [1.807, 2.05) is 206 Å². The fraction of sp³-hybridized carbons (Fsp3) is 0.0270. The Balaban J connectivity index is 0.000000154. The van der Waals surface area contributed by atoms with E-state index in [2.05, 4.69) is 9.97 Å². The van der Waals surface area contributed by atoms with Crippen molar-refractivity contribution in [3.63, 3.8) is 0 Å². The Morgan fingerprint density at radius 3 is 0.824 bits per heavy atom. The summed E-state index contributed by atoms with van der Waals surface area (Å²) in [5.41, 5.74) is 10.9. The summed E-state index contributed by atoms with van der Waals surface area (Å²) in [4.78, 5) is 28.3. The number of halogens is 5. The first-order valence-electron chi connectivity index (χ1n) is 28.9. The van der Waals surface area contributed by atoms with Crippen LogP contribution >= 0.6 is 11.6 Å². The standard InChI is InChI=1S/C45H28F2N4.C16H11ClN2.C13H10B2F2O4/c46-45(47)37-25-33(41-27-39(29-13-5-1-6-14-29)48-43(50-41)31-17-9-3-10-18-31)21-23-35(37)36-24-22-34(26-38(36)45)42-28-40(30-15-7-2-8-16-30)49-44(51-42)32-19-11-4-12-20-32;17-15-11-14(12-7-3-1-4-8-12)18-16(19-15)13-9-5-2-6-10-13;16-13(17)11-5-7(14(18)19)1-3-9(11)10-4-2-8(15(20)21)6-12(10)13/h1-28H;1-11H;1-6,18-21H. The van der Waals surface area contributed by atoms with Gasteiger partial charge in [-0.2, -0.15) is 17.6 Å². The lowest BCUT2D eigenvalue weighted by Crippen LogP contribution is -2.31. The summed E-state index contributed by atoms with van der Waals surface area (Å²) in [6, 6.07) is 82.4. The van der Waals surface area contributed by atoms with Gasteiger partial charge in [0.15, 0.2) is 17.5 Å². The number of hydrogen-bond donors (Lipinski definition) is 4. The maximum absolute atomic E-state index is 16.6. The molecule has 17 heteroatoms. The molecule has 2 aliphatic carbocycles. The molecule has 0 spiro atoms. The molecule has 3 heterocycles. The second-order valence-electron chi connectivity index (χ2n) is 21.5. The van der Waals surface area contributed by atoms with Gasteiger partial charge in [0.25, 0.3) is 11.8 Å². The summed E-state index contributed by atoms with van der Waals surface area (Å²) in [5.74, 6) is -4.87. The van der Waals surface area contributed by atoms with Crippen molar-refractivity contribution in [3.8, 4) is 113 Å². The van der Waals surface area contributed by atoms with Gasteiger partial charge in [-0.15, -0.1) is 0 Å². The number of hydrogen-bond acceptors (Lipinski definition) is 10. The zero-order valence-corrected chi connectivity index (χ0v) is 48.8. The van der Waals surface area contributed by atoms with Crippen LogP contribution in [0.2, 0.25) is 5.15 Å². The van der Waals surface area contributed by atoms with Crippen molar-refractivity contribution in [1.82, 2.24) is 29.9 Å². The van der Waals surface area contributed by atoms with Crippen LogP contribution in [0.15, 0.2) is 273 Å². The van der Waals surface area contributed by atoms with E-state index in [4.69, 9.17) is 51.6 Å². The van der Waals surface area contributed by atoms with Crippen LogP contribution < -0.4 is 10.9 Å². The van der Waals surface area contributed by atoms with Crippen molar-refractivity contribution >= 4 is 36.8 Å². The molecule has 15 rings (SSSR count). The fourth-order valence-electron chi connectivity index (χ4n) is 11.1. The van der Waals surface area contributed by atoms with Crippen molar-refractivity contribution in [3.05, 3.63) is 300 Å². The van der Waals surface area contributed by atoms with E-state index in [9.17, 15) is 8.78 Å². The molecule has 4 N–H and O–H groups in total. The monoisotopic (exact) mass is 1220 g/mol. The van der Waals surface area contributed by atoms with Crippen LogP contribution in [-0.2, 0) is 11.8 Å². The smallest absolute Gasteiger partial charge is 0.423 e. The van der Waals surface area contributed by atoms with Gasteiger partial charge in [-0.1, -0.05) is 254 Å². The van der Waals surface area contributed by atoms with E-state index in [-0.39, 0.29) is 33.2 Å². The topological polar surface area (TPSA) is 158 Å². The Bertz CT molecular complexity index is 4390. The van der Waals surface area contributed by atoms with Crippen molar-refractivity contribution in [2.24, 2.45) is 0 Å². The van der Waals surface area contributed by atoms with Gasteiger partial charge in [-0.05, 0) is 57.4 Å². The molecule has 0 fully saturated rings. The van der Waals surface area contributed by atoms with Gasteiger partial charge >= 0.3 is 14.2 Å². The molecule has 10 aromatic carbocycles. The number of nitrogens with zero attached hydrogens (tertiary/aromatic N) is 6. The Morgan fingerprint density at radius 1 is 0.264 bits per heavy atom. The van der Waals surface area contributed by atoms with Crippen LogP contribution in [0, 0.1) is 0 Å². The average Bonchev–Trinajstić information content (AvgIpc) is 1.61. The summed E-state index contributed by atoms with van der Waals surface area (Å²) >= 11 is 6.10. The first-order chi connectivity index (χ1) is 44.2. The van der Waals surface area contributed by atoms with Gasteiger partial charge in [-0.3, -0.25) is 0 Å². The van der Waals surface area contributed by atoms with Crippen LogP contribution in [0.25, 0.3) is 113 Å². The number of aromatic nitrogens is 6. The molecule has 91 heavy (non-hydrogen) atoms. The second kappa shape index (κ2) is 25.1. The van der Waals surface area contributed by atoms with Crippen molar-refractivity contribution in [2.45, 2.75) is 11.8 Å². The van der Waals surface area contributed by atoms with E-state index >= 15 is 8.78 Å².